The van der Waals surface area contributed by atoms with E-state index in [2.05, 4.69) is 11.7 Å². The Bertz CT molecular complexity index is 343. The maximum absolute atomic E-state index is 10.1. The lowest BCUT2D eigenvalue weighted by Crippen LogP contribution is -2.02. The molecule has 0 aromatic rings. The van der Waals surface area contributed by atoms with Crippen LogP contribution in [0, 0.1) is 10.1 Å². The molecule has 13 heavy (non-hydrogen) atoms. The summed E-state index contributed by atoms with van der Waals surface area (Å²) >= 11 is 5.55. The summed E-state index contributed by atoms with van der Waals surface area (Å²) in [6.45, 7) is 0. The zero-order chi connectivity index (χ0) is 9.30. The quantitative estimate of drug-likeness (QED) is 0.435. The Hall–Kier alpha value is -0.880. The van der Waals surface area contributed by atoms with Crippen molar-refractivity contribution in [1.29, 1.82) is 0 Å². The van der Waals surface area contributed by atoms with E-state index < -0.39 is 4.92 Å². The predicted molar refractivity (Wildman–Crippen MR) is 52.7 cm³/mol. The van der Waals surface area contributed by atoms with Gasteiger partial charge in [-0.3, -0.25) is 21.8 Å². The van der Waals surface area contributed by atoms with Crippen LogP contribution in [0.15, 0.2) is 12.1 Å². The van der Waals surface area contributed by atoms with E-state index in [0.717, 1.165) is 5.56 Å². The highest BCUT2D eigenvalue weighted by atomic mass is 35.5. The van der Waals surface area contributed by atoms with Crippen molar-refractivity contribution in [2.75, 3.05) is 0 Å². The standard InChI is InChI=1S/C6H2ClNO2.ClH.H4N2/c7-5-1-4-3(5)2-6(4)8(9)10;;1-2/h1-2H;1H;1-2H2. The van der Waals surface area contributed by atoms with Gasteiger partial charge in [-0.05, 0) is 6.07 Å². The minimum Gasteiger partial charge on any atom is -0.274 e. The van der Waals surface area contributed by atoms with Gasteiger partial charge in [-0.2, -0.15) is 0 Å². The average Bonchev–Trinajstić information content (AvgIpc) is 2.03. The molecule has 0 aromatic heterocycles. The van der Waals surface area contributed by atoms with Gasteiger partial charge in [0.25, 0.3) is 5.69 Å². The smallest absolute Gasteiger partial charge is 0.274 e. The topological polar surface area (TPSA) is 95.2 Å². The summed E-state index contributed by atoms with van der Waals surface area (Å²) in [6, 6.07) is 3.09. The van der Waals surface area contributed by atoms with E-state index >= 15 is 0 Å². The van der Waals surface area contributed by atoms with Crippen molar-refractivity contribution < 1.29 is 4.92 Å². The van der Waals surface area contributed by atoms with E-state index in [1.54, 1.807) is 6.07 Å². The molecule has 0 saturated carbocycles. The van der Waals surface area contributed by atoms with Gasteiger partial charge in [0.15, 0.2) is 0 Å². The molecule has 0 heterocycles. The fraction of sp³-hybridized carbons (Fsp3) is 0. The summed E-state index contributed by atoms with van der Waals surface area (Å²) in [6.07, 6.45) is 0. The van der Waals surface area contributed by atoms with E-state index in [9.17, 15) is 10.1 Å². The number of halogens is 2. The first-order valence-electron chi connectivity index (χ1n) is 3.02. The van der Waals surface area contributed by atoms with Crippen molar-refractivity contribution in [2.45, 2.75) is 0 Å². The molecular formula is C6H7Cl2N3O2. The lowest BCUT2D eigenvalue weighted by atomic mass is 9.91. The first-order chi connectivity index (χ1) is 5.70. The van der Waals surface area contributed by atoms with Crippen molar-refractivity contribution in [1.82, 2.24) is 0 Å². The Morgan fingerprint density at radius 1 is 1.31 bits per heavy atom. The van der Waals surface area contributed by atoms with Crippen LogP contribution in [0.4, 0.5) is 5.69 Å². The molecule has 0 amide bonds. The zero-order valence-electron chi connectivity index (χ0n) is 6.36. The lowest BCUT2D eigenvalue weighted by Gasteiger charge is -2.16. The molecule has 0 aliphatic heterocycles. The molecule has 2 aliphatic carbocycles. The van der Waals surface area contributed by atoms with Gasteiger partial charge in [0.05, 0.1) is 10.5 Å². The van der Waals surface area contributed by atoms with Crippen LogP contribution < -0.4 is 11.7 Å². The second-order valence-electron chi connectivity index (χ2n) is 2.11. The number of nitrogens with two attached hydrogens (primary N) is 2. The molecule has 0 unspecified atom stereocenters. The average molecular weight is 224 g/mol. The van der Waals surface area contributed by atoms with E-state index in [1.165, 1.54) is 6.07 Å². The third kappa shape index (κ3) is 1.73. The Balaban J connectivity index is 0.000000451. The summed E-state index contributed by atoms with van der Waals surface area (Å²) in [4.78, 5) is 9.70. The highest BCUT2D eigenvalue weighted by Crippen LogP contribution is 2.48. The van der Waals surface area contributed by atoms with Crippen LogP contribution >= 0.6 is 24.0 Å². The van der Waals surface area contributed by atoms with E-state index in [0.29, 0.717) is 10.6 Å². The third-order valence-corrected chi connectivity index (χ3v) is 1.88. The van der Waals surface area contributed by atoms with Gasteiger partial charge in [-0.25, -0.2) is 0 Å². The van der Waals surface area contributed by atoms with Gasteiger partial charge in [-0.1, -0.05) is 11.6 Å². The Morgan fingerprint density at radius 2 is 1.85 bits per heavy atom. The van der Waals surface area contributed by atoms with Gasteiger partial charge < -0.3 is 0 Å². The summed E-state index contributed by atoms with van der Waals surface area (Å²) in [7, 11) is 0. The lowest BCUT2D eigenvalue weighted by molar-refractivity contribution is -0.385. The fourth-order valence-electron chi connectivity index (χ4n) is 0.980. The third-order valence-electron chi connectivity index (χ3n) is 1.57. The molecular weight excluding hydrogens is 217 g/mol. The van der Waals surface area contributed by atoms with Crippen LogP contribution in [-0.2, 0) is 0 Å². The van der Waals surface area contributed by atoms with E-state index in [4.69, 9.17) is 11.6 Å². The molecule has 0 fully saturated rings. The van der Waals surface area contributed by atoms with Gasteiger partial charge in [0.2, 0.25) is 0 Å². The monoisotopic (exact) mass is 223 g/mol. The number of hydrazine groups is 1. The SMILES string of the molecule is Cl.NN.O=[N+]([O-])c1cc2c(Cl)cc1-2. The first kappa shape index (κ1) is 12.1. The maximum atomic E-state index is 10.1. The molecule has 72 valence electrons. The number of hydrogen-bond acceptors (Lipinski definition) is 4. The molecule has 2 rings (SSSR count). The predicted octanol–water partition coefficient (Wildman–Crippen LogP) is 1.47. The molecule has 0 bridgehead atoms. The Kier molecular flexibility index (Phi) is 4.09. The summed E-state index contributed by atoms with van der Waals surface area (Å²) in [5.74, 6) is 8.00. The van der Waals surface area contributed by atoms with Crippen molar-refractivity contribution in [2.24, 2.45) is 11.7 Å². The Labute approximate surface area is 85.2 Å². The highest BCUT2D eigenvalue weighted by Gasteiger charge is 2.29. The molecule has 0 atom stereocenters. The van der Waals surface area contributed by atoms with Crippen molar-refractivity contribution in [3.8, 4) is 11.1 Å². The molecule has 0 spiro atoms. The van der Waals surface area contributed by atoms with Crippen LogP contribution in [-0.4, -0.2) is 4.92 Å². The fourth-order valence-corrected chi connectivity index (χ4v) is 1.24. The number of nitrogens with zero attached hydrogens (tertiary/aromatic N) is 1. The summed E-state index contributed by atoms with van der Waals surface area (Å²) in [5.41, 5.74) is 1.70. The summed E-state index contributed by atoms with van der Waals surface area (Å²) in [5, 5.41) is 10.7. The van der Waals surface area contributed by atoms with Crippen molar-refractivity contribution in [3.63, 3.8) is 0 Å². The number of benzene rings is 1. The van der Waals surface area contributed by atoms with Gasteiger partial charge in [0.1, 0.15) is 0 Å². The van der Waals surface area contributed by atoms with Crippen LogP contribution in [0.5, 0.6) is 0 Å². The number of nitro groups is 1. The second-order valence-corrected chi connectivity index (χ2v) is 2.51. The van der Waals surface area contributed by atoms with Gasteiger partial charge in [0, 0.05) is 16.7 Å². The number of nitro benzene ring substituents is 1. The molecule has 7 heteroatoms. The van der Waals surface area contributed by atoms with E-state index in [1.807, 2.05) is 0 Å². The van der Waals surface area contributed by atoms with Crippen LogP contribution in [0.1, 0.15) is 0 Å². The van der Waals surface area contributed by atoms with E-state index in [-0.39, 0.29) is 18.1 Å². The maximum Gasteiger partial charge on any atom is 0.277 e. The second kappa shape index (κ2) is 4.38. The first-order valence-corrected chi connectivity index (χ1v) is 3.39. The van der Waals surface area contributed by atoms with Crippen molar-refractivity contribution in [3.05, 3.63) is 27.3 Å². The molecule has 2 aliphatic rings. The van der Waals surface area contributed by atoms with Gasteiger partial charge >= 0.3 is 0 Å². The van der Waals surface area contributed by atoms with Crippen LogP contribution in [0.25, 0.3) is 11.1 Å². The molecule has 5 nitrogen and oxygen atoms in total. The largest absolute Gasteiger partial charge is 0.277 e. The minimum absolute atomic E-state index is 0. The molecule has 4 N–H and O–H groups in total. The summed E-state index contributed by atoms with van der Waals surface area (Å²) < 4.78 is 0. The minimum atomic E-state index is -0.404. The molecule has 0 radical (unpaired) electrons. The zero-order valence-corrected chi connectivity index (χ0v) is 7.93. The number of fused-ring (bicyclic) bond motifs is 1. The van der Waals surface area contributed by atoms with Crippen LogP contribution in [0.3, 0.4) is 0 Å². The van der Waals surface area contributed by atoms with Crippen LogP contribution in [0.2, 0.25) is 5.02 Å². The molecule has 0 aromatic carbocycles. The Morgan fingerprint density at radius 3 is 2.08 bits per heavy atom. The molecule has 0 saturated heterocycles. The normalized spacial score (nSPS) is 9.15. The number of hydrogen-bond donors (Lipinski definition) is 2. The number of rotatable bonds is 1. The highest BCUT2D eigenvalue weighted by molar-refractivity contribution is 6.36. The van der Waals surface area contributed by atoms with Gasteiger partial charge in [-0.15, -0.1) is 12.4 Å². The van der Waals surface area contributed by atoms with Crippen molar-refractivity contribution >= 4 is 29.7 Å².